The van der Waals surface area contributed by atoms with Crippen LogP contribution in [0.2, 0.25) is 0 Å². The van der Waals surface area contributed by atoms with Gasteiger partial charge in [0.05, 0.1) is 13.2 Å². The topological polar surface area (TPSA) is 109 Å². The van der Waals surface area contributed by atoms with Crippen LogP contribution in [0.1, 0.15) is 56.4 Å². The summed E-state index contributed by atoms with van der Waals surface area (Å²) in [6, 6.07) is 29.9. The van der Waals surface area contributed by atoms with E-state index >= 15 is 0 Å². The number of thiol groups is 2. The Morgan fingerprint density at radius 2 is 1.35 bits per heavy atom. The molecule has 0 aromatic heterocycles. The van der Waals surface area contributed by atoms with Gasteiger partial charge in [0.25, 0.3) is 0 Å². The molecule has 300 valence electrons. The van der Waals surface area contributed by atoms with Crippen LogP contribution in [-0.4, -0.2) is 31.5 Å². The summed E-state index contributed by atoms with van der Waals surface area (Å²) in [5, 5.41) is 2.65. The number of hydrogen-bond donors (Lipinski definition) is 3. The van der Waals surface area contributed by atoms with Crippen LogP contribution in [0.15, 0.2) is 97.1 Å². The Morgan fingerprint density at radius 3 is 1.93 bits per heavy atom. The van der Waals surface area contributed by atoms with Crippen molar-refractivity contribution in [3.05, 3.63) is 119 Å². The molecule has 5 rings (SSSR count). The van der Waals surface area contributed by atoms with Crippen molar-refractivity contribution in [1.29, 1.82) is 0 Å². The van der Waals surface area contributed by atoms with E-state index in [1.165, 1.54) is 33.9 Å². The van der Waals surface area contributed by atoms with Gasteiger partial charge in [-0.15, -0.1) is 0 Å². The molecule has 0 radical (unpaired) electrons. The molecule has 4 aromatic rings. The van der Waals surface area contributed by atoms with Gasteiger partial charge in [-0.2, -0.15) is 25.3 Å². The normalized spacial score (nSPS) is 15.0. The number of carbonyl (C=O) groups is 1. The van der Waals surface area contributed by atoms with Gasteiger partial charge in [-0.05, 0) is 121 Å². The minimum Gasteiger partial charge on any atom is -0.494 e. The molecule has 17 heteroatoms. The molecule has 55 heavy (non-hydrogen) atoms. The zero-order valence-corrected chi connectivity index (χ0v) is 37.7. The Balaban J connectivity index is 0.000000235. The number of halogens is 2. The van der Waals surface area contributed by atoms with Gasteiger partial charge in [-0.1, -0.05) is 55.5 Å². The molecule has 0 saturated carbocycles. The molecular weight excluding hydrogens is 860 g/mol. The highest BCUT2D eigenvalue weighted by Crippen LogP contribution is 2.72. The average Bonchev–Trinajstić information content (AvgIpc) is 3.30. The first-order valence-corrected chi connectivity index (χ1v) is 26.7. The Morgan fingerprint density at radius 1 is 0.782 bits per heavy atom. The summed E-state index contributed by atoms with van der Waals surface area (Å²) in [5.74, 6) is 2.60. The van der Waals surface area contributed by atoms with Crippen LogP contribution in [0.4, 0.5) is 4.79 Å². The number of carbonyl (C=O) groups excluding carboxylic acids is 1. The van der Waals surface area contributed by atoms with Crippen molar-refractivity contribution in [3.8, 4) is 23.0 Å². The molecule has 1 atom stereocenters. The summed E-state index contributed by atoms with van der Waals surface area (Å²) in [7, 11) is 0. The number of para-hydroxylation sites is 2. The molecular formula is C38H47Cl2NO8P2S4. The molecule has 1 aliphatic rings. The van der Waals surface area contributed by atoms with Gasteiger partial charge in [0.2, 0.25) is 0 Å². The standard InChI is InChI=1S/C17H19O3PS2.C15H23NO3S2.C6H5Cl2O2P/c1-2-10-19-17-9-8-14-12-22-21(18,23-13-15(14)11-17)20-16-6-4-3-5-7-16;1-15(2,3)19-14(17)16-6-7-18-13-5-4-11(9-20)12(8-13)10-21;7-11(8,9)10-6-4-2-1-3-5-6/h3-9,11H,2,10,12-13H2,1H3;4-5,8,20-21H,6-7,9-10H2,1-3H3,(H,16,17);1-5H. The molecule has 0 spiro atoms. The Labute approximate surface area is 353 Å². The fourth-order valence-corrected chi connectivity index (χ4v) is 12.0. The number of ether oxygens (including phenoxy) is 3. The first-order valence-electron chi connectivity index (χ1n) is 17.2. The molecule has 1 aliphatic heterocycles. The van der Waals surface area contributed by atoms with E-state index in [2.05, 4.69) is 54.2 Å². The lowest BCUT2D eigenvalue weighted by Gasteiger charge is -2.19. The van der Waals surface area contributed by atoms with E-state index in [1.807, 2.05) is 75.4 Å². The van der Waals surface area contributed by atoms with Crippen molar-refractivity contribution in [2.24, 2.45) is 0 Å². The summed E-state index contributed by atoms with van der Waals surface area (Å²) >= 11 is 21.7. The van der Waals surface area contributed by atoms with Gasteiger partial charge in [-0.3, -0.25) is 4.57 Å². The lowest BCUT2D eigenvalue weighted by molar-refractivity contribution is 0.0520. The van der Waals surface area contributed by atoms with E-state index in [9.17, 15) is 13.9 Å². The number of alkyl carbamates (subject to hydrolysis) is 1. The lowest BCUT2D eigenvalue weighted by Crippen LogP contribution is -2.34. The molecule has 0 fully saturated rings. The smallest absolute Gasteiger partial charge is 0.428 e. The van der Waals surface area contributed by atoms with Gasteiger partial charge in [0, 0.05) is 45.5 Å². The second-order valence-electron chi connectivity index (χ2n) is 12.5. The molecule has 9 nitrogen and oxygen atoms in total. The van der Waals surface area contributed by atoms with Gasteiger partial charge >= 0.3 is 17.9 Å². The van der Waals surface area contributed by atoms with Crippen molar-refractivity contribution in [2.45, 2.75) is 62.7 Å². The van der Waals surface area contributed by atoms with Crippen LogP contribution in [-0.2, 0) is 36.9 Å². The summed E-state index contributed by atoms with van der Waals surface area (Å²) in [5.41, 5.74) is 4.15. The number of fused-ring (bicyclic) bond motifs is 1. The summed E-state index contributed by atoms with van der Waals surface area (Å²) in [6.07, 6.45) is -2.89. The zero-order chi connectivity index (χ0) is 40.3. The number of amides is 1. The zero-order valence-electron chi connectivity index (χ0n) is 31.0. The maximum atomic E-state index is 13.0. The minimum absolute atomic E-state index is 0.380. The quantitative estimate of drug-likeness (QED) is 0.0681. The van der Waals surface area contributed by atoms with Crippen LogP contribution >= 0.6 is 82.3 Å². The summed E-state index contributed by atoms with van der Waals surface area (Å²) in [6.45, 7) is 9.05. The highest BCUT2D eigenvalue weighted by Gasteiger charge is 2.30. The fourth-order valence-electron chi connectivity index (χ4n) is 4.42. The Kier molecular flexibility index (Phi) is 20.5. The van der Waals surface area contributed by atoms with Crippen molar-refractivity contribution >= 4 is 88.4 Å². The van der Waals surface area contributed by atoms with Gasteiger partial charge in [0.1, 0.15) is 35.2 Å². The largest absolute Gasteiger partial charge is 0.494 e. The predicted octanol–water partition coefficient (Wildman–Crippen LogP) is 13.2. The van der Waals surface area contributed by atoms with Crippen LogP contribution in [0, 0.1) is 0 Å². The van der Waals surface area contributed by atoms with E-state index in [4.69, 9.17) is 41.2 Å². The monoisotopic (exact) mass is 905 g/mol. The maximum absolute atomic E-state index is 13.0. The third-order valence-corrected chi connectivity index (χ3v) is 15.4. The second-order valence-corrected chi connectivity index (χ2v) is 24.7. The van der Waals surface area contributed by atoms with E-state index in [0.29, 0.717) is 47.7 Å². The van der Waals surface area contributed by atoms with Crippen LogP contribution in [0.25, 0.3) is 0 Å². The molecule has 1 N–H and O–H groups in total. The first kappa shape index (κ1) is 47.2. The average molecular weight is 907 g/mol. The van der Waals surface area contributed by atoms with Crippen molar-refractivity contribution in [1.82, 2.24) is 5.32 Å². The van der Waals surface area contributed by atoms with E-state index in [-0.39, 0.29) is 0 Å². The van der Waals surface area contributed by atoms with Gasteiger partial charge < -0.3 is 28.6 Å². The van der Waals surface area contributed by atoms with Crippen molar-refractivity contribution < 1.29 is 37.2 Å². The van der Waals surface area contributed by atoms with Gasteiger partial charge in [-0.25, -0.2) is 9.36 Å². The van der Waals surface area contributed by atoms with Crippen LogP contribution in [0.5, 0.6) is 23.0 Å². The van der Waals surface area contributed by atoms with E-state index < -0.39 is 23.5 Å². The fraction of sp³-hybridized carbons (Fsp3) is 0.342. The molecule has 4 aromatic carbocycles. The Hall–Kier alpha value is -2.21. The minimum atomic E-state index is -3.44. The number of nitrogens with one attached hydrogen (secondary N) is 1. The second kappa shape index (κ2) is 23.9. The van der Waals surface area contributed by atoms with Crippen LogP contribution in [0.3, 0.4) is 0 Å². The number of benzene rings is 4. The molecule has 1 amide bonds. The van der Waals surface area contributed by atoms with Gasteiger partial charge in [0.15, 0.2) is 0 Å². The third kappa shape index (κ3) is 19.2. The highest BCUT2D eigenvalue weighted by molar-refractivity contribution is 8.89. The molecule has 1 heterocycles. The van der Waals surface area contributed by atoms with Crippen molar-refractivity contribution in [2.75, 3.05) is 19.8 Å². The number of hydrogen-bond acceptors (Lipinski definition) is 12. The summed E-state index contributed by atoms with van der Waals surface area (Å²) < 4.78 is 50.6. The SMILES string of the molecule is CC(C)(C)OC(=O)NCCOc1ccc(CS)c(CS)c1.CCCOc1ccc2c(c1)CSP(=O)(Oc1ccccc1)SC2.O=P(Cl)(Cl)Oc1ccccc1. The van der Waals surface area contributed by atoms with E-state index in [1.54, 1.807) is 30.3 Å². The summed E-state index contributed by atoms with van der Waals surface area (Å²) in [4.78, 5) is 11.4. The lowest BCUT2D eigenvalue weighted by atomic mass is 10.1. The first-order chi connectivity index (χ1) is 26.1. The van der Waals surface area contributed by atoms with E-state index in [0.717, 1.165) is 35.7 Å². The molecule has 1 unspecified atom stereocenters. The molecule has 0 saturated heterocycles. The molecule has 0 aliphatic carbocycles. The predicted molar refractivity (Wildman–Crippen MR) is 237 cm³/mol. The van der Waals surface area contributed by atoms with Crippen molar-refractivity contribution in [3.63, 3.8) is 0 Å². The Bertz CT molecular complexity index is 1870. The maximum Gasteiger partial charge on any atom is 0.428 e. The van der Waals surface area contributed by atoms with Crippen LogP contribution < -0.4 is 23.8 Å². The molecule has 0 bridgehead atoms. The number of rotatable bonds is 13. The third-order valence-electron chi connectivity index (χ3n) is 6.88. The highest BCUT2D eigenvalue weighted by atomic mass is 35.9.